The van der Waals surface area contributed by atoms with Crippen molar-refractivity contribution in [3.8, 4) is 0 Å². The van der Waals surface area contributed by atoms with Crippen molar-refractivity contribution in [1.82, 2.24) is 0 Å². The number of ether oxygens (including phenoxy) is 1. The summed E-state index contributed by atoms with van der Waals surface area (Å²) in [6.45, 7) is 0.0132. The number of benzene rings is 2. The highest BCUT2D eigenvalue weighted by Gasteiger charge is 2.24. The van der Waals surface area contributed by atoms with E-state index in [0.717, 1.165) is 12.5 Å². The van der Waals surface area contributed by atoms with E-state index in [4.69, 9.17) is 9.15 Å². The fourth-order valence-electron chi connectivity index (χ4n) is 3.31. The molecular formula is C22H18N2O6. The minimum absolute atomic E-state index is 0.00513. The molecule has 0 unspecified atom stereocenters. The van der Waals surface area contributed by atoms with Gasteiger partial charge in [-0.15, -0.1) is 0 Å². The zero-order valence-corrected chi connectivity index (χ0v) is 15.9. The zero-order valence-electron chi connectivity index (χ0n) is 15.9. The zero-order chi connectivity index (χ0) is 21.1. The van der Waals surface area contributed by atoms with Crippen molar-refractivity contribution in [1.29, 1.82) is 0 Å². The molecule has 152 valence electrons. The number of nitrogens with one attached hydrogen (secondary N) is 1. The number of fused-ring (bicyclic) bond motifs is 1. The van der Waals surface area contributed by atoms with Gasteiger partial charge in [-0.25, -0.2) is 4.79 Å². The van der Waals surface area contributed by atoms with Crippen molar-refractivity contribution in [3.63, 3.8) is 0 Å². The van der Waals surface area contributed by atoms with Crippen molar-refractivity contribution < 1.29 is 23.5 Å². The molecule has 0 aliphatic carbocycles. The molecule has 2 amide bonds. The van der Waals surface area contributed by atoms with Gasteiger partial charge in [-0.3, -0.25) is 14.4 Å². The van der Waals surface area contributed by atoms with Gasteiger partial charge in [0.2, 0.25) is 11.7 Å². The Morgan fingerprint density at radius 2 is 1.83 bits per heavy atom. The summed E-state index contributed by atoms with van der Waals surface area (Å²) in [6.07, 6.45) is 1.23. The molecule has 4 rings (SSSR count). The van der Waals surface area contributed by atoms with Crippen LogP contribution in [0.2, 0.25) is 0 Å². The molecule has 0 bridgehead atoms. The molecule has 0 radical (unpaired) electrons. The van der Waals surface area contributed by atoms with Gasteiger partial charge in [0.1, 0.15) is 5.58 Å². The molecule has 0 atom stereocenters. The van der Waals surface area contributed by atoms with Crippen molar-refractivity contribution in [2.24, 2.45) is 0 Å². The molecule has 0 saturated carbocycles. The van der Waals surface area contributed by atoms with Gasteiger partial charge in [0.05, 0.1) is 16.8 Å². The normalized spacial score (nSPS) is 13.5. The van der Waals surface area contributed by atoms with Gasteiger partial charge in [-0.05, 0) is 30.7 Å². The van der Waals surface area contributed by atoms with Crippen molar-refractivity contribution in [2.75, 3.05) is 23.4 Å². The van der Waals surface area contributed by atoms with E-state index in [1.165, 1.54) is 0 Å². The Balaban J connectivity index is 1.43. The van der Waals surface area contributed by atoms with Crippen LogP contribution >= 0.6 is 0 Å². The first kappa shape index (κ1) is 19.4. The van der Waals surface area contributed by atoms with E-state index in [9.17, 15) is 19.2 Å². The number of anilines is 2. The number of amides is 2. The summed E-state index contributed by atoms with van der Waals surface area (Å²) in [6, 6.07) is 14.5. The first-order valence-electron chi connectivity index (χ1n) is 9.42. The molecule has 1 saturated heterocycles. The van der Waals surface area contributed by atoms with Gasteiger partial charge in [0, 0.05) is 19.0 Å². The fourth-order valence-corrected chi connectivity index (χ4v) is 3.31. The first-order chi connectivity index (χ1) is 14.5. The molecule has 1 fully saturated rings. The second kappa shape index (κ2) is 8.20. The van der Waals surface area contributed by atoms with E-state index >= 15 is 0 Å². The Morgan fingerprint density at radius 3 is 2.63 bits per heavy atom. The van der Waals surface area contributed by atoms with Crippen LogP contribution in [0, 0.1) is 0 Å². The highest BCUT2D eigenvalue weighted by atomic mass is 16.5. The van der Waals surface area contributed by atoms with Crippen LogP contribution in [-0.2, 0) is 14.3 Å². The fraction of sp³-hybridized carbons (Fsp3) is 0.182. The minimum atomic E-state index is -0.920. The van der Waals surface area contributed by atoms with E-state index < -0.39 is 18.5 Å². The predicted octanol–water partition coefficient (Wildman–Crippen LogP) is 2.72. The van der Waals surface area contributed by atoms with Gasteiger partial charge in [0.15, 0.2) is 12.0 Å². The van der Waals surface area contributed by atoms with Crippen LogP contribution in [0.1, 0.15) is 23.4 Å². The highest BCUT2D eigenvalue weighted by molar-refractivity contribution is 6.02. The maximum Gasteiger partial charge on any atom is 0.374 e. The molecule has 2 aromatic carbocycles. The van der Waals surface area contributed by atoms with E-state index in [2.05, 4.69) is 5.32 Å². The van der Waals surface area contributed by atoms with E-state index in [1.54, 1.807) is 53.4 Å². The highest BCUT2D eigenvalue weighted by Crippen LogP contribution is 2.29. The summed E-state index contributed by atoms with van der Waals surface area (Å²) in [5.74, 6) is -1.79. The van der Waals surface area contributed by atoms with Crippen molar-refractivity contribution in [2.45, 2.75) is 12.8 Å². The summed E-state index contributed by atoms with van der Waals surface area (Å²) in [5, 5.41) is 3.00. The Morgan fingerprint density at radius 1 is 1.07 bits per heavy atom. The van der Waals surface area contributed by atoms with Crippen LogP contribution in [0.3, 0.4) is 0 Å². The van der Waals surface area contributed by atoms with Gasteiger partial charge in [-0.1, -0.05) is 24.3 Å². The monoisotopic (exact) mass is 406 g/mol. The summed E-state index contributed by atoms with van der Waals surface area (Å²) < 4.78 is 10.4. The Bertz CT molecular complexity index is 1200. The average Bonchev–Trinajstić information content (AvgIpc) is 3.18. The number of carbonyl (C=O) groups excluding carboxylic acids is 3. The topological polar surface area (TPSA) is 106 Å². The summed E-state index contributed by atoms with van der Waals surface area (Å²) in [7, 11) is 0. The molecule has 1 aliphatic rings. The van der Waals surface area contributed by atoms with Gasteiger partial charge in [0.25, 0.3) is 5.91 Å². The molecule has 0 spiro atoms. The number of esters is 1. The molecule has 8 nitrogen and oxygen atoms in total. The Kier molecular flexibility index (Phi) is 5.30. The second-order valence-corrected chi connectivity index (χ2v) is 6.76. The Labute approximate surface area is 171 Å². The maximum absolute atomic E-state index is 12.3. The second-order valence-electron chi connectivity index (χ2n) is 6.76. The molecule has 1 aromatic heterocycles. The van der Waals surface area contributed by atoms with Crippen LogP contribution in [0.25, 0.3) is 11.0 Å². The van der Waals surface area contributed by atoms with Crippen LogP contribution in [0.15, 0.2) is 63.8 Å². The third kappa shape index (κ3) is 3.93. The number of nitrogens with zero attached hydrogens (tertiary/aromatic N) is 1. The largest absolute Gasteiger partial charge is 0.450 e. The van der Waals surface area contributed by atoms with E-state index in [1.807, 2.05) is 0 Å². The molecule has 3 aromatic rings. The SMILES string of the molecule is O=C(COC(=O)c1cc(=O)c2ccccc2o1)Nc1ccccc1N1CCCC1=O. The number of para-hydroxylation sites is 3. The van der Waals surface area contributed by atoms with E-state index in [-0.39, 0.29) is 22.7 Å². The molecule has 1 N–H and O–H groups in total. The third-order valence-corrected chi connectivity index (χ3v) is 4.71. The van der Waals surface area contributed by atoms with Crippen LogP contribution in [-0.4, -0.2) is 30.9 Å². The molecular weight excluding hydrogens is 388 g/mol. The number of carbonyl (C=O) groups is 3. The number of hydrogen-bond donors (Lipinski definition) is 1. The molecule has 2 heterocycles. The number of rotatable bonds is 5. The summed E-state index contributed by atoms with van der Waals surface area (Å²) in [4.78, 5) is 50.2. The van der Waals surface area contributed by atoms with Gasteiger partial charge < -0.3 is 19.4 Å². The molecule has 30 heavy (non-hydrogen) atoms. The lowest BCUT2D eigenvalue weighted by Crippen LogP contribution is -2.27. The minimum Gasteiger partial charge on any atom is -0.450 e. The van der Waals surface area contributed by atoms with Gasteiger partial charge in [-0.2, -0.15) is 0 Å². The lowest BCUT2D eigenvalue weighted by molar-refractivity contribution is -0.119. The van der Waals surface area contributed by atoms with Crippen LogP contribution in [0.4, 0.5) is 11.4 Å². The summed E-state index contributed by atoms with van der Waals surface area (Å²) >= 11 is 0. The van der Waals surface area contributed by atoms with Crippen LogP contribution in [0.5, 0.6) is 0 Å². The quantitative estimate of drug-likeness (QED) is 0.653. The number of hydrogen-bond acceptors (Lipinski definition) is 6. The average molecular weight is 406 g/mol. The smallest absolute Gasteiger partial charge is 0.374 e. The van der Waals surface area contributed by atoms with Gasteiger partial charge >= 0.3 is 5.97 Å². The lowest BCUT2D eigenvalue weighted by Gasteiger charge is -2.19. The third-order valence-electron chi connectivity index (χ3n) is 4.71. The lowest BCUT2D eigenvalue weighted by atomic mass is 10.2. The standard InChI is InChI=1S/C22H18N2O6/c25-17-12-19(30-18-9-4-1-6-14(17)18)22(28)29-13-20(26)23-15-7-2-3-8-16(15)24-11-5-10-21(24)27/h1-4,6-9,12H,5,10-11,13H2,(H,23,26). The van der Waals surface area contributed by atoms with Crippen LogP contribution < -0.4 is 15.6 Å². The van der Waals surface area contributed by atoms with Crippen molar-refractivity contribution in [3.05, 3.63) is 70.6 Å². The molecule has 1 aliphatic heterocycles. The predicted molar refractivity (Wildman–Crippen MR) is 109 cm³/mol. The Hall–Kier alpha value is -3.94. The van der Waals surface area contributed by atoms with Crippen molar-refractivity contribution >= 4 is 40.1 Å². The molecule has 8 heteroatoms. The first-order valence-corrected chi connectivity index (χ1v) is 9.42. The maximum atomic E-state index is 12.3. The summed E-state index contributed by atoms with van der Waals surface area (Å²) in [5.41, 5.74) is 0.925. The van der Waals surface area contributed by atoms with E-state index in [0.29, 0.717) is 29.7 Å².